The van der Waals surface area contributed by atoms with E-state index in [9.17, 15) is 4.79 Å². The lowest BCUT2D eigenvalue weighted by Crippen LogP contribution is -2.03. The van der Waals surface area contributed by atoms with Gasteiger partial charge in [-0.2, -0.15) is 0 Å². The van der Waals surface area contributed by atoms with Gasteiger partial charge >= 0.3 is 5.97 Å². The van der Waals surface area contributed by atoms with Crippen molar-refractivity contribution >= 4 is 5.97 Å². The van der Waals surface area contributed by atoms with Gasteiger partial charge in [0.1, 0.15) is 0 Å². The minimum Gasteiger partial charge on any atom is -0.466 e. The topological polar surface area (TPSA) is 46.5 Å². The molecule has 0 aromatic heterocycles. The minimum absolute atomic E-state index is 0.0644. The maximum atomic E-state index is 11.0. The third-order valence-corrected chi connectivity index (χ3v) is 2.59. The molecule has 0 atom stereocenters. The first kappa shape index (κ1) is 15.4. The number of ether oxygens (including phenoxy) is 1. The van der Waals surface area contributed by atoms with Crippen molar-refractivity contribution < 1.29 is 14.6 Å². The fraction of sp³-hybridized carbons (Fsp3) is 0.923. The lowest BCUT2D eigenvalue weighted by Gasteiger charge is -2.02. The van der Waals surface area contributed by atoms with Gasteiger partial charge in [0.15, 0.2) is 0 Å². The van der Waals surface area contributed by atoms with E-state index in [1.807, 2.05) is 6.92 Å². The summed E-state index contributed by atoms with van der Waals surface area (Å²) < 4.78 is 4.85. The third kappa shape index (κ3) is 11.5. The molecule has 0 saturated heterocycles. The van der Waals surface area contributed by atoms with Crippen LogP contribution in [0.25, 0.3) is 0 Å². The minimum atomic E-state index is -0.0644. The fourth-order valence-corrected chi connectivity index (χ4v) is 1.67. The summed E-state index contributed by atoms with van der Waals surface area (Å²) in [4.78, 5) is 11.0. The van der Waals surface area contributed by atoms with E-state index in [1.54, 1.807) is 0 Å². The molecule has 0 bridgehead atoms. The predicted octanol–water partition coefficient (Wildman–Crippen LogP) is 3.05. The van der Waals surface area contributed by atoms with E-state index in [4.69, 9.17) is 9.84 Å². The molecule has 0 fully saturated rings. The average Bonchev–Trinajstić information content (AvgIpc) is 2.27. The molecule has 0 aliphatic rings. The van der Waals surface area contributed by atoms with Crippen LogP contribution in [0.5, 0.6) is 0 Å². The molecule has 0 saturated carbocycles. The Kier molecular flexibility index (Phi) is 12.1. The highest BCUT2D eigenvalue weighted by atomic mass is 16.5. The normalized spacial score (nSPS) is 10.4. The zero-order chi connectivity index (χ0) is 12.1. The molecule has 3 heteroatoms. The Bertz CT molecular complexity index is 157. The Morgan fingerprint density at radius 1 is 0.938 bits per heavy atom. The molecule has 0 aliphatic heterocycles. The van der Waals surface area contributed by atoms with Crippen molar-refractivity contribution in [2.45, 2.75) is 64.7 Å². The number of unbranched alkanes of at least 4 members (excludes halogenated alkanes) is 7. The van der Waals surface area contributed by atoms with Crippen LogP contribution in [0.4, 0.5) is 0 Å². The molecule has 0 radical (unpaired) electrons. The van der Waals surface area contributed by atoms with E-state index >= 15 is 0 Å². The highest BCUT2D eigenvalue weighted by Gasteiger charge is 2.00. The second kappa shape index (κ2) is 12.5. The molecule has 0 spiro atoms. The van der Waals surface area contributed by atoms with Crippen molar-refractivity contribution in [2.75, 3.05) is 13.2 Å². The van der Waals surface area contributed by atoms with Gasteiger partial charge in [-0.05, 0) is 19.8 Å². The number of hydrogen-bond acceptors (Lipinski definition) is 3. The molecular formula is C13H26O3. The van der Waals surface area contributed by atoms with E-state index in [0.717, 1.165) is 25.7 Å². The number of esters is 1. The SMILES string of the molecule is CCOC(=O)CCCCCCCCCCO. The highest BCUT2D eigenvalue weighted by Crippen LogP contribution is 2.09. The fourth-order valence-electron chi connectivity index (χ4n) is 1.67. The summed E-state index contributed by atoms with van der Waals surface area (Å²) in [6, 6.07) is 0. The summed E-state index contributed by atoms with van der Waals surface area (Å²) in [5, 5.41) is 8.59. The van der Waals surface area contributed by atoms with Crippen molar-refractivity contribution in [1.82, 2.24) is 0 Å². The standard InChI is InChI=1S/C13H26O3/c1-2-16-13(15)11-9-7-5-3-4-6-8-10-12-14/h14H,2-12H2,1H3. The molecule has 0 amide bonds. The second-order valence-corrected chi connectivity index (χ2v) is 4.11. The third-order valence-electron chi connectivity index (χ3n) is 2.59. The lowest BCUT2D eigenvalue weighted by atomic mass is 10.1. The van der Waals surface area contributed by atoms with Crippen LogP contribution in [-0.2, 0) is 9.53 Å². The first-order valence-electron chi connectivity index (χ1n) is 6.57. The first-order chi connectivity index (χ1) is 7.81. The Labute approximate surface area is 99.2 Å². The molecule has 0 rings (SSSR count). The van der Waals surface area contributed by atoms with E-state index < -0.39 is 0 Å². The number of rotatable bonds is 11. The maximum Gasteiger partial charge on any atom is 0.305 e. The van der Waals surface area contributed by atoms with Gasteiger partial charge in [0, 0.05) is 13.0 Å². The number of carbonyl (C=O) groups is 1. The summed E-state index contributed by atoms with van der Waals surface area (Å²) in [7, 11) is 0. The van der Waals surface area contributed by atoms with Crippen LogP contribution in [0, 0.1) is 0 Å². The Hall–Kier alpha value is -0.570. The molecule has 0 aliphatic carbocycles. The maximum absolute atomic E-state index is 11.0. The highest BCUT2D eigenvalue weighted by molar-refractivity contribution is 5.69. The van der Waals surface area contributed by atoms with Gasteiger partial charge < -0.3 is 9.84 Å². The average molecular weight is 230 g/mol. The molecule has 0 aromatic carbocycles. The summed E-state index contributed by atoms with van der Waals surface area (Å²) in [6.07, 6.45) is 9.64. The van der Waals surface area contributed by atoms with Crippen LogP contribution in [0.3, 0.4) is 0 Å². The van der Waals surface area contributed by atoms with Gasteiger partial charge in [-0.3, -0.25) is 4.79 Å². The van der Waals surface area contributed by atoms with Gasteiger partial charge in [0.25, 0.3) is 0 Å². The van der Waals surface area contributed by atoms with Gasteiger partial charge in [-0.25, -0.2) is 0 Å². The summed E-state index contributed by atoms with van der Waals surface area (Å²) in [5.74, 6) is -0.0644. The van der Waals surface area contributed by atoms with Crippen LogP contribution in [0.2, 0.25) is 0 Å². The quantitative estimate of drug-likeness (QED) is 0.438. The number of carbonyl (C=O) groups excluding carboxylic acids is 1. The van der Waals surface area contributed by atoms with Gasteiger partial charge in [0.05, 0.1) is 6.61 Å². The van der Waals surface area contributed by atoms with Gasteiger partial charge in [-0.15, -0.1) is 0 Å². The van der Waals surface area contributed by atoms with Crippen molar-refractivity contribution in [3.8, 4) is 0 Å². The van der Waals surface area contributed by atoms with E-state index in [1.165, 1.54) is 25.7 Å². The molecule has 96 valence electrons. The molecule has 3 nitrogen and oxygen atoms in total. The van der Waals surface area contributed by atoms with Gasteiger partial charge in [0.2, 0.25) is 0 Å². The molecule has 0 aromatic rings. The van der Waals surface area contributed by atoms with E-state index in [-0.39, 0.29) is 5.97 Å². The number of hydrogen-bond donors (Lipinski definition) is 1. The van der Waals surface area contributed by atoms with Crippen LogP contribution < -0.4 is 0 Å². The molecular weight excluding hydrogens is 204 g/mol. The van der Waals surface area contributed by atoms with Crippen molar-refractivity contribution in [2.24, 2.45) is 0 Å². The van der Waals surface area contributed by atoms with Crippen LogP contribution in [-0.4, -0.2) is 24.3 Å². The summed E-state index contributed by atoms with van der Waals surface area (Å²) in [6.45, 7) is 2.65. The van der Waals surface area contributed by atoms with Crippen molar-refractivity contribution in [1.29, 1.82) is 0 Å². The monoisotopic (exact) mass is 230 g/mol. The van der Waals surface area contributed by atoms with Crippen molar-refractivity contribution in [3.05, 3.63) is 0 Å². The molecule has 16 heavy (non-hydrogen) atoms. The Morgan fingerprint density at radius 2 is 1.44 bits per heavy atom. The van der Waals surface area contributed by atoms with Crippen LogP contribution in [0.1, 0.15) is 64.7 Å². The van der Waals surface area contributed by atoms with Crippen LogP contribution >= 0.6 is 0 Å². The second-order valence-electron chi connectivity index (χ2n) is 4.11. The zero-order valence-electron chi connectivity index (χ0n) is 10.5. The van der Waals surface area contributed by atoms with E-state index in [0.29, 0.717) is 19.6 Å². The number of aliphatic hydroxyl groups is 1. The molecule has 1 N–H and O–H groups in total. The predicted molar refractivity (Wildman–Crippen MR) is 65.3 cm³/mol. The summed E-state index contributed by atoms with van der Waals surface area (Å²) in [5.41, 5.74) is 0. The first-order valence-corrected chi connectivity index (χ1v) is 6.57. The van der Waals surface area contributed by atoms with E-state index in [2.05, 4.69) is 0 Å². The lowest BCUT2D eigenvalue weighted by molar-refractivity contribution is -0.143. The molecule has 0 heterocycles. The number of aliphatic hydroxyl groups excluding tert-OH is 1. The molecule has 0 unspecified atom stereocenters. The van der Waals surface area contributed by atoms with Crippen LogP contribution in [0.15, 0.2) is 0 Å². The zero-order valence-corrected chi connectivity index (χ0v) is 10.5. The summed E-state index contributed by atoms with van der Waals surface area (Å²) >= 11 is 0. The Balaban J connectivity index is 3.01. The smallest absolute Gasteiger partial charge is 0.305 e. The van der Waals surface area contributed by atoms with Gasteiger partial charge in [-0.1, -0.05) is 38.5 Å². The largest absolute Gasteiger partial charge is 0.466 e. The Morgan fingerprint density at radius 3 is 1.94 bits per heavy atom. The van der Waals surface area contributed by atoms with Crippen molar-refractivity contribution in [3.63, 3.8) is 0 Å².